The average Bonchev–Trinajstić information content (AvgIpc) is 2.14. The number of rotatable bonds is 5. The fourth-order valence-electron chi connectivity index (χ4n) is 1.78. The summed E-state index contributed by atoms with van der Waals surface area (Å²) < 4.78 is 13.0. The maximum absolute atomic E-state index is 13.0. The number of nitrogens with two attached hydrogens (primary N) is 1. The van der Waals surface area contributed by atoms with Crippen molar-refractivity contribution in [3.8, 4) is 0 Å². The Hall–Kier alpha value is -0.890. The van der Waals surface area contributed by atoms with Crippen molar-refractivity contribution >= 4 is 0 Å². The molecule has 84 valence electrons. The molecule has 0 radical (unpaired) electrons. The summed E-state index contributed by atoms with van der Waals surface area (Å²) in [5.41, 5.74) is 6.93. The van der Waals surface area contributed by atoms with Gasteiger partial charge in [-0.2, -0.15) is 0 Å². The summed E-state index contributed by atoms with van der Waals surface area (Å²) in [5, 5.41) is 0. The molecule has 0 bridgehead atoms. The van der Waals surface area contributed by atoms with Gasteiger partial charge in [0.2, 0.25) is 0 Å². The van der Waals surface area contributed by atoms with Crippen LogP contribution >= 0.6 is 0 Å². The highest BCUT2D eigenvalue weighted by Gasteiger charge is 2.18. The zero-order chi connectivity index (χ0) is 11.3. The Morgan fingerprint density at radius 2 is 2.13 bits per heavy atom. The molecule has 2 heteroatoms. The largest absolute Gasteiger partial charge is 0.325 e. The van der Waals surface area contributed by atoms with Crippen LogP contribution in [0.2, 0.25) is 0 Å². The monoisotopic (exact) mass is 209 g/mol. The second-order valence-electron chi connectivity index (χ2n) is 4.56. The molecule has 0 saturated carbocycles. The van der Waals surface area contributed by atoms with Gasteiger partial charge in [0.25, 0.3) is 0 Å². The zero-order valence-electron chi connectivity index (χ0n) is 9.59. The second kappa shape index (κ2) is 5.26. The predicted octanol–water partition coefficient (Wildman–Crippen LogP) is 3.28. The smallest absolute Gasteiger partial charge is 0.123 e. The number of unbranched alkanes of at least 4 members (excludes halogenated alkanes) is 1. The fraction of sp³-hybridized carbons (Fsp3) is 0.538. The van der Waals surface area contributed by atoms with Crippen LogP contribution in [-0.2, 0) is 6.42 Å². The van der Waals surface area contributed by atoms with E-state index in [1.165, 1.54) is 6.07 Å². The Kier molecular flexibility index (Phi) is 4.28. The lowest BCUT2D eigenvalue weighted by Gasteiger charge is -2.24. The lowest BCUT2D eigenvalue weighted by atomic mass is 9.89. The third-order valence-corrected chi connectivity index (χ3v) is 2.60. The fourth-order valence-corrected chi connectivity index (χ4v) is 1.78. The number of hydrogen-bond acceptors (Lipinski definition) is 1. The molecule has 0 fully saturated rings. The molecule has 0 aliphatic rings. The van der Waals surface area contributed by atoms with Crippen molar-refractivity contribution in [2.45, 2.75) is 45.1 Å². The van der Waals surface area contributed by atoms with Crippen molar-refractivity contribution < 1.29 is 4.39 Å². The maximum atomic E-state index is 13.0. The van der Waals surface area contributed by atoms with Crippen molar-refractivity contribution in [3.05, 3.63) is 35.6 Å². The molecule has 1 unspecified atom stereocenters. The quantitative estimate of drug-likeness (QED) is 0.791. The van der Waals surface area contributed by atoms with Crippen LogP contribution in [0.4, 0.5) is 4.39 Å². The molecular weight excluding hydrogens is 189 g/mol. The van der Waals surface area contributed by atoms with E-state index in [9.17, 15) is 4.39 Å². The van der Waals surface area contributed by atoms with Gasteiger partial charge in [-0.1, -0.05) is 31.9 Å². The molecule has 1 atom stereocenters. The molecule has 0 aromatic heterocycles. The Morgan fingerprint density at radius 3 is 2.73 bits per heavy atom. The van der Waals surface area contributed by atoms with Crippen LogP contribution in [0, 0.1) is 5.82 Å². The van der Waals surface area contributed by atoms with Crippen LogP contribution < -0.4 is 5.73 Å². The van der Waals surface area contributed by atoms with Crippen molar-refractivity contribution in [2.24, 2.45) is 5.73 Å². The molecule has 0 saturated heterocycles. The van der Waals surface area contributed by atoms with Crippen LogP contribution in [0.25, 0.3) is 0 Å². The van der Waals surface area contributed by atoms with Crippen molar-refractivity contribution in [1.82, 2.24) is 0 Å². The summed E-state index contributed by atoms with van der Waals surface area (Å²) in [6, 6.07) is 6.70. The number of benzene rings is 1. The lowest BCUT2D eigenvalue weighted by molar-refractivity contribution is 0.413. The first kappa shape index (κ1) is 12.2. The third kappa shape index (κ3) is 4.43. The molecule has 0 aliphatic carbocycles. The first-order valence-corrected chi connectivity index (χ1v) is 5.57. The molecule has 2 N–H and O–H groups in total. The summed E-state index contributed by atoms with van der Waals surface area (Å²) in [6.45, 7) is 4.19. The van der Waals surface area contributed by atoms with E-state index in [2.05, 4.69) is 6.92 Å². The molecular formula is C13H20FN. The van der Waals surface area contributed by atoms with Gasteiger partial charge in [-0.05, 0) is 37.5 Å². The average molecular weight is 209 g/mol. The predicted molar refractivity (Wildman–Crippen MR) is 62.2 cm³/mol. The van der Waals surface area contributed by atoms with E-state index in [0.717, 1.165) is 31.2 Å². The van der Waals surface area contributed by atoms with Gasteiger partial charge in [0.05, 0.1) is 0 Å². The second-order valence-corrected chi connectivity index (χ2v) is 4.56. The summed E-state index contributed by atoms with van der Waals surface area (Å²) in [6.07, 6.45) is 4.00. The Morgan fingerprint density at radius 1 is 1.40 bits per heavy atom. The van der Waals surface area contributed by atoms with Crippen molar-refractivity contribution in [1.29, 1.82) is 0 Å². The zero-order valence-corrected chi connectivity index (χ0v) is 9.59. The van der Waals surface area contributed by atoms with Gasteiger partial charge < -0.3 is 5.73 Å². The van der Waals surface area contributed by atoms with Gasteiger partial charge in [0, 0.05) is 5.54 Å². The third-order valence-electron chi connectivity index (χ3n) is 2.60. The normalized spacial score (nSPS) is 14.9. The van der Waals surface area contributed by atoms with Gasteiger partial charge in [0.1, 0.15) is 5.82 Å². The number of halogens is 1. The molecule has 0 heterocycles. The Labute approximate surface area is 91.5 Å². The number of hydrogen-bond donors (Lipinski definition) is 1. The van der Waals surface area contributed by atoms with Crippen molar-refractivity contribution in [3.63, 3.8) is 0 Å². The van der Waals surface area contributed by atoms with E-state index >= 15 is 0 Å². The molecule has 0 aliphatic heterocycles. The molecule has 0 amide bonds. The van der Waals surface area contributed by atoms with Crippen LogP contribution in [-0.4, -0.2) is 5.54 Å². The van der Waals surface area contributed by atoms with Gasteiger partial charge in [0.15, 0.2) is 0 Å². The summed E-state index contributed by atoms with van der Waals surface area (Å²) in [7, 11) is 0. The van der Waals surface area contributed by atoms with Crippen LogP contribution in [0.1, 0.15) is 38.7 Å². The Balaban J connectivity index is 2.60. The van der Waals surface area contributed by atoms with Crippen molar-refractivity contribution in [2.75, 3.05) is 0 Å². The summed E-state index contributed by atoms with van der Waals surface area (Å²) in [5.74, 6) is -0.182. The van der Waals surface area contributed by atoms with E-state index in [-0.39, 0.29) is 11.4 Å². The first-order chi connectivity index (χ1) is 7.03. The molecule has 15 heavy (non-hydrogen) atoms. The van der Waals surface area contributed by atoms with E-state index in [4.69, 9.17) is 5.73 Å². The summed E-state index contributed by atoms with van der Waals surface area (Å²) in [4.78, 5) is 0. The molecule has 1 rings (SSSR count). The SMILES string of the molecule is CCCCC(C)(N)Cc1cccc(F)c1. The van der Waals surface area contributed by atoms with E-state index in [1.54, 1.807) is 12.1 Å². The van der Waals surface area contributed by atoms with Gasteiger partial charge in [-0.25, -0.2) is 4.39 Å². The van der Waals surface area contributed by atoms with E-state index < -0.39 is 0 Å². The maximum Gasteiger partial charge on any atom is 0.123 e. The molecule has 0 spiro atoms. The Bertz CT molecular complexity index is 307. The van der Waals surface area contributed by atoms with Crippen LogP contribution in [0.3, 0.4) is 0 Å². The van der Waals surface area contributed by atoms with E-state index in [1.807, 2.05) is 13.0 Å². The molecule has 1 nitrogen and oxygen atoms in total. The van der Waals surface area contributed by atoms with Gasteiger partial charge in [-0.3, -0.25) is 0 Å². The summed E-state index contributed by atoms with van der Waals surface area (Å²) >= 11 is 0. The molecule has 1 aromatic carbocycles. The van der Waals surface area contributed by atoms with Crippen LogP contribution in [0.5, 0.6) is 0 Å². The minimum Gasteiger partial charge on any atom is -0.325 e. The van der Waals surface area contributed by atoms with Gasteiger partial charge in [-0.15, -0.1) is 0 Å². The topological polar surface area (TPSA) is 26.0 Å². The van der Waals surface area contributed by atoms with Crippen LogP contribution in [0.15, 0.2) is 24.3 Å². The highest BCUT2D eigenvalue weighted by Crippen LogP contribution is 2.17. The minimum absolute atomic E-state index is 0.182. The minimum atomic E-state index is -0.218. The molecule has 1 aromatic rings. The standard InChI is InChI=1S/C13H20FN/c1-3-4-8-13(2,15)10-11-6-5-7-12(14)9-11/h5-7,9H,3-4,8,10,15H2,1-2H3. The van der Waals surface area contributed by atoms with E-state index in [0.29, 0.717) is 0 Å². The lowest BCUT2D eigenvalue weighted by Crippen LogP contribution is -2.38. The van der Waals surface area contributed by atoms with Gasteiger partial charge >= 0.3 is 0 Å². The highest BCUT2D eigenvalue weighted by molar-refractivity contribution is 5.18. The highest BCUT2D eigenvalue weighted by atomic mass is 19.1. The first-order valence-electron chi connectivity index (χ1n) is 5.57.